The van der Waals surface area contributed by atoms with Gasteiger partial charge in [-0.1, -0.05) is 12.1 Å². The third-order valence-corrected chi connectivity index (χ3v) is 4.07. The maximum absolute atomic E-state index is 12.9. The minimum absolute atomic E-state index is 0. The summed E-state index contributed by atoms with van der Waals surface area (Å²) in [5, 5.41) is 3.10. The van der Waals surface area contributed by atoms with Crippen LogP contribution in [-0.4, -0.2) is 49.8 Å². The molecule has 1 aliphatic rings. The van der Waals surface area contributed by atoms with E-state index in [4.69, 9.17) is 0 Å². The van der Waals surface area contributed by atoms with E-state index in [2.05, 4.69) is 10.1 Å². The molecule has 3 nitrogen and oxygen atoms in total. The second-order valence-electron chi connectivity index (χ2n) is 5.99. The average molecular weight is 461 g/mol. The topological polar surface area (TPSA) is 24.5 Å². The summed E-state index contributed by atoms with van der Waals surface area (Å²) in [4.78, 5) is 1.88. The molecular weight excluding hydrogens is 440 g/mol. The monoisotopic (exact) mass is 460 g/mol. The van der Waals surface area contributed by atoms with Crippen LogP contribution >= 0.6 is 24.8 Å². The predicted molar refractivity (Wildman–Crippen MR) is 95.0 cm³/mol. The van der Waals surface area contributed by atoms with Crippen molar-refractivity contribution in [3.8, 4) is 5.75 Å². The van der Waals surface area contributed by atoms with E-state index in [-0.39, 0.29) is 31.2 Å². The Bertz CT molecular complexity index is 567. The molecule has 2 rings (SSSR count). The molecular formula is C16H21Cl2F7N2O. The van der Waals surface area contributed by atoms with E-state index in [1.54, 1.807) is 0 Å². The van der Waals surface area contributed by atoms with Gasteiger partial charge < -0.3 is 10.1 Å². The lowest BCUT2D eigenvalue weighted by Gasteiger charge is -2.35. The van der Waals surface area contributed by atoms with Crippen LogP contribution in [0, 0.1) is 0 Å². The van der Waals surface area contributed by atoms with Gasteiger partial charge in [0.2, 0.25) is 0 Å². The Balaban J connectivity index is 0.00000364. The normalized spacial score (nSPS) is 16.9. The number of nitrogens with one attached hydrogen (secondary N) is 1. The summed E-state index contributed by atoms with van der Waals surface area (Å²) < 4.78 is 92.0. The maximum Gasteiger partial charge on any atom is 0.461 e. The summed E-state index contributed by atoms with van der Waals surface area (Å²) in [5.41, 5.74) is 0.490. The summed E-state index contributed by atoms with van der Waals surface area (Å²) in [7, 11) is 0. The molecule has 0 unspecified atom stereocenters. The third kappa shape index (κ3) is 8.18. The second-order valence-corrected chi connectivity index (χ2v) is 5.99. The molecule has 1 saturated heterocycles. The fraction of sp³-hybridized carbons (Fsp3) is 0.625. The Kier molecular flexibility index (Phi) is 10.9. The van der Waals surface area contributed by atoms with Gasteiger partial charge in [0, 0.05) is 38.6 Å². The summed E-state index contributed by atoms with van der Waals surface area (Å²) in [6.45, 7) is 2.35. The molecule has 1 aromatic carbocycles. The van der Waals surface area contributed by atoms with Gasteiger partial charge in [-0.3, -0.25) is 4.90 Å². The van der Waals surface area contributed by atoms with Crippen molar-refractivity contribution < 1.29 is 35.5 Å². The number of piperazine rings is 1. The van der Waals surface area contributed by atoms with Gasteiger partial charge in [0.15, 0.2) is 0 Å². The van der Waals surface area contributed by atoms with Crippen LogP contribution in [0.5, 0.6) is 5.75 Å². The third-order valence-electron chi connectivity index (χ3n) is 4.07. The molecule has 0 saturated carbocycles. The molecule has 0 spiro atoms. The predicted octanol–water partition coefficient (Wildman–Crippen LogP) is 5.06. The van der Waals surface area contributed by atoms with Crippen LogP contribution in [-0.2, 0) is 0 Å². The van der Waals surface area contributed by atoms with E-state index in [1.165, 1.54) is 12.1 Å². The number of ether oxygens (including phenoxy) is 1. The molecule has 12 heteroatoms. The van der Waals surface area contributed by atoms with E-state index in [0.29, 0.717) is 31.7 Å². The molecule has 1 N–H and O–H groups in total. The lowest BCUT2D eigenvalue weighted by Crippen LogP contribution is -2.45. The molecule has 1 aliphatic heterocycles. The van der Waals surface area contributed by atoms with Crippen LogP contribution in [0.2, 0.25) is 0 Å². The molecule has 0 aromatic heterocycles. The molecule has 0 radical (unpaired) electrons. The first kappa shape index (κ1) is 27.0. The molecule has 1 aromatic rings. The Morgan fingerprint density at radius 3 is 1.96 bits per heavy atom. The van der Waals surface area contributed by atoms with Crippen LogP contribution in [0.1, 0.15) is 24.4 Å². The maximum atomic E-state index is 12.9. The number of alkyl halides is 7. The van der Waals surface area contributed by atoms with E-state index < -0.39 is 36.9 Å². The van der Waals surface area contributed by atoms with Gasteiger partial charge in [-0.25, -0.2) is 0 Å². The molecule has 1 heterocycles. The van der Waals surface area contributed by atoms with Crippen molar-refractivity contribution in [2.45, 2.75) is 37.6 Å². The summed E-state index contributed by atoms with van der Waals surface area (Å²) in [6, 6.07) is 4.24. The van der Waals surface area contributed by atoms with E-state index in [1.807, 2.05) is 4.90 Å². The van der Waals surface area contributed by atoms with Crippen LogP contribution in [0.25, 0.3) is 0 Å². The Labute approximate surface area is 170 Å². The first-order valence-electron chi connectivity index (χ1n) is 8.05. The fourth-order valence-corrected chi connectivity index (χ4v) is 2.81. The lowest BCUT2D eigenvalue weighted by atomic mass is 9.99. The number of rotatable bonds is 7. The van der Waals surface area contributed by atoms with Gasteiger partial charge in [-0.15, -0.1) is 24.8 Å². The summed E-state index contributed by atoms with van der Waals surface area (Å²) in [6.07, 6.45) is -14.1. The van der Waals surface area contributed by atoms with E-state index >= 15 is 0 Å². The van der Waals surface area contributed by atoms with Crippen LogP contribution < -0.4 is 10.1 Å². The number of hydrogen-bond acceptors (Lipinski definition) is 3. The molecule has 0 aliphatic carbocycles. The van der Waals surface area contributed by atoms with Crippen LogP contribution in [0.4, 0.5) is 30.7 Å². The summed E-state index contributed by atoms with van der Waals surface area (Å²) in [5.74, 6) is -0.478. The highest BCUT2D eigenvalue weighted by Gasteiger charge is 2.44. The Morgan fingerprint density at radius 2 is 1.50 bits per heavy atom. The standard InChI is InChI=1S/C16H19F7N2O.2ClH/c17-14(18)16(22,23)26-12-3-1-11(2-4-12)13(5-6-15(19,20)21)25-9-7-24-8-10-25;;/h1-4,13-14,24H,5-10H2;2*1H/t13-;;/m0../s1. The highest BCUT2D eigenvalue weighted by atomic mass is 35.5. The number of nitrogens with zero attached hydrogens (tertiary/aromatic N) is 1. The molecule has 0 bridgehead atoms. The minimum Gasteiger partial charge on any atom is -0.428 e. The number of benzene rings is 1. The highest BCUT2D eigenvalue weighted by molar-refractivity contribution is 5.85. The van der Waals surface area contributed by atoms with Crippen LogP contribution in [0.15, 0.2) is 24.3 Å². The quantitative estimate of drug-likeness (QED) is 0.575. The van der Waals surface area contributed by atoms with Crippen molar-refractivity contribution in [2.75, 3.05) is 26.2 Å². The van der Waals surface area contributed by atoms with Gasteiger partial charge in [0.05, 0.1) is 0 Å². The Morgan fingerprint density at radius 1 is 0.964 bits per heavy atom. The van der Waals surface area contributed by atoms with Crippen molar-refractivity contribution in [3.63, 3.8) is 0 Å². The second kappa shape index (κ2) is 11.3. The number of halogens is 9. The zero-order valence-corrected chi connectivity index (χ0v) is 16.2. The molecule has 1 atom stereocenters. The SMILES string of the molecule is Cl.Cl.FC(F)C(F)(F)Oc1ccc([C@H](CCC(F)(F)F)N2CCNCC2)cc1. The van der Waals surface area contributed by atoms with Crippen molar-refractivity contribution in [1.82, 2.24) is 10.2 Å². The van der Waals surface area contributed by atoms with Gasteiger partial charge in [-0.2, -0.15) is 30.7 Å². The van der Waals surface area contributed by atoms with Crippen molar-refractivity contribution in [1.29, 1.82) is 0 Å². The first-order valence-corrected chi connectivity index (χ1v) is 8.05. The van der Waals surface area contributed by atoms with Gasteiger partial charge >= 0.3 is 18.7 Å². The first-order chi connectivity index (χ1) is 12.1. The van der Waals surface area contributed by atoms with Crippen molar-refractivity contribution >= 4 is 24.8 Å². The summed E-state index contributed by atoms with van der Waals surface area (Å²) >= 11 is 0. The van der Waals surface area contributed by atoms with Gasteiger partial charge in [0.25, 0.3) is 0 Å². The van der Waals surface area contributed by atoms with E-state index in [9.17, 15) is 30.7 Å². The van der Waals surface area contributed by atoms with Gasteiger partial charge in [-0.05, 0) is 24.1 Å². The van der Waals surface area contributed by atoms with Crippen molar-refractivity contribution in [3.05, 3.63) is 29.8 Å². The fourth-order valence-electron chi connectivity index (χ4n) is 2.81. The molecule has 1 fully saturated rings. The van der Waals surface area contributed by atoms with Crippen molar-refractivity contribution in [2.24, 2.45) is 0 Å². The Hall–Kier alpha value is -0.970. The lowest BCUT2D eigenvalue weighted by molar-refractivity contribution is -0.253. The largest absolute Gasteiger partial charge is 0.461 e. The molecule has 0 amide bonds. The zero-order valence-electron chi connectivity index (χ0n) is 14.5. The molecule has 164 valence electrons. The minimum atomic E-state index is -4.63. The van der Waals surface area contributed by atoms with Gasteiger partial charge in [0.1, 0.15) is 5.75 Å². The number of hydrogen-bond donors (Lipinski definition) is 1. The van der Waals surface area contributed by atoms with Crippen LogP contribution in [0.3, 0.4) is 0 Å². The average Bonchev–Trinajstić information content (AvgIpc) is 2.56. The molecule has 28 heavy (non-hydrogen) atoms. The smallest absolute Gasteiger partial charge is 0.428 e. The van der Waals surface area contributed by atoms with E-state index in [0.717, 1.165) is 12.1 Å². The zero-order chi connectivity index (χ0) is 19.4. The highest BCUT2D eigenvalue weighted by Crippen LogP contribution is 2.33.